The first-order valence-corrected chi connectivity index (χ1v) is 11.0. The number of rotatable bonds is 7. The van der Waals surface area contributed by atoms with Gasteiger partial charge in [0.2, 0.25) is 11.7 Å². The maximum Gasteiger partial charge on any atom is 0.264 e. The van der Waals surface area contributed by atoms with E-state index < -0.39 is 0 Å². The number of anilines is 2. The number of hydrogen-bond acceptors (Lipinski definition) is 8. The van der Waals surface area contributed by atoms with Crippen molar-refractivity contribution < 1.29 is 14.1 Å². The molecule has 164 valence electrons. The van der Waals surface area contributed by atoms with Gasteiger partial charge in [0, 0.05) is 16.3 Å². The first-order chi connectivity index (χ1) is 15.5. The molecule has 3 N–H and O–H groups in total. The lowest BCUT2D eigenvalue weighted by Gasteiger charge is -2.07. The maximum absolute atomic E-state index is 12.5. The Hall–Kier alpha value is -3.50. The Balaban J connectivity index is 1.55. The van der Waals surface area contributed by atoms with Crippen LogP contribution in [0.5, 0.6) is 5.75 Å². The van der Waals surface area contributed by atoms with Crippen LogP contribution in [0.4, 0.5) is 11.5 Å². The van der Waals surface area contributed by atoms with Crippen LogP contribution >= 0.6 is 23.4 Å². The summed E-state index contributed by atoms with van der Waals surface area (Å²) in [5.41, 5.74) is 8.18. The van der Waals surface area contributed by atoms with Gasteiger partial charge in [-0.3, -0.25) is 4.79 Å². The van der Waals surface area contributed by atoms with Crippen molar-refractivity contribution in [1.82, 2.24) is 19.9 Å². The first kappa shape index (κ1) is 21.7. The van der Waals surface area contributed by atoms with Gasteiger partial charge in [-0.2, -0.15) is 10.1 Å². The number of nitrogen functional groups attached to an aromatic ring is 1. The van der Waals surface area contributed by atoms with E-state index in [0.717, 1.165) is 5.56 Å². The summed E-state index contributed by atoms with van der Waals surface area (Å²) in [7, 11) is 1.58. The number of aromatic nitrogens is 4. The molecule has 0 aliphatic heterocycles. The van der Waals surface area contributed by atoms with Crippen molar-refractivity contribution in [3.8, 4) is 28.6 Å². The van der Waals surface area contributed by atoms with Crippen LogP contribution in [0.15, 0.2) is 58.1 Å². The number of amides is 1. The van der Waals surface area contributed by atoms with Gasteiger partial charge in [-0.05, 0) is 54.8 Å². The Morgan fingerprint density at radius 3 is 2.59 bits per heavy atom. The van der Waals surface area contributed by atoms with Gasteiger partial charge < -0.3 is 20.3 Å². The molecule has 11 heteroatoms. The lowest BCUT2D eigenvalue weighted by Crippen LogP contribution is -2.20. The smallest absolute Gasteiger partial charge is 0.264 e. The van der Waals surface area contributed by atoms with Crippen molar-refractivity contribution in [2.45, 2.75) is 11.6 Å². The molecule has 2 heterocycles. The van der Waals surface area contributed by atoms with Crippen molar-refractivity contribution in [3.05, 3.63) is 53.6 Å². The molecule has 0 bridgehead atoms. The van der Waals surface area contributed by atoms with E-state index in [-0.39, 0.29) is 24.2 Å². The molecule has 0 saturated carbocycles. The molecule has 0 aliphatic rings. The number of nitrogens with two attached hydrogens (primary N) is 1. The minimum absolute atomic E-state index is 0.0798. The minimum Gasteiger partial charge on any atom is -0.497 e. The topological polar surface area (TPSA) is 121 Å². The highest BCUT2D eigenvalue weighted by Gasteiger charge is 2.23. The largest absolute Gasteiger partial charge is 0.497 e. The van der Waals surface area contributed by atoms with Gasteiger partial charge in [0.1, 0.15) is 28.7 Å². The summed E-state index contributed by atoms with van der Waals surface area (Å²) in [6.07, 6.45) is 1.85. The molecule has 2 aromatic heterocycles. The van der Waals surface area contributed by atoms with Gasteiger partial charge in [0.05, 0.1) is 7.11 Å². The van der Waals surface area contributed by atoms with Crippen LogP contribution in [0.25, 0.3) is 22.8 Å². The molecule has 0 fully saturated rings. The number of halogens is 1. The maximum atomic E-state index is 12.5. The van der Waals surface area contributed by atoms with Crippen LogP contribution in [0, 0.1) is 0 Å². The summed E-state index contributed by atoms with van der Waals surface area (Å²) < 4.78 is 12.0. The van der Waals surface area contributed by atoms with E-state index in [0.29, 0.717) is 32.9 Å². The highest BCUT2D eigenvalue weighted by atomic mass is 35.5. The molecule has 0 radical (unpaired) electrons. The Morgan fingerprint density at radius 1 is 1.22 bits per heavy atom. The molecular formula is C21H19ClN6O3S. The van der Waals surface area contributed by atoms with Crippen LogP contribution in [0.3, 0.4) is 0 Å². The van der Waals surface area contributed by atoms with E-state index in [2.05, 4.69) is 20.6 Å². The molecule has 0 spiro atoms. The zero-order valence-electron chi connectivity index (χ0n) is 17.2. The molecule has 32 heavy (non-hydrogen) atoms. The number of nitrogens with zero attached hydrogens (tertiary/aromatic N) is 4. The van der Waals surface area contributed by atoms with Crippen molar-refractivity contribution in [3.63, 3.8) is 0 Å². The average Bonchev–Trinajstić information content (AvgIpc) is 3.39. The molecule has 1 amide bonds. The van der Waals surface area contributed by atoms with Crippen molar-refractivity contribution in [2.75, 3.05) is 24.4 Å². The average molecular weight is 471 g/mol. The standard InChI is InChI=1S/C21H19ClN6O3S/c1-30-15-9-7-14(8-10-15)24-16(29)11-28-18(23)17(21(26-28)32-2)20-25-19(27-31-20)12-3-5-13(22)6-4-12/h3-10H,11,23H2,1-2H3,(H,24,29). The third kappa shape index (κ3) is 4.56. The van der Waals surface area contributed by atoms with Crippen LogP contribution in [-0.4, -0.2) is 39.2 Å². The van der Waals surface area contributed by atoms with Crippen LogP contribution in [0.1, 0.15) is 0 Å². The number of nitrogens with one attached hydrogen (secondary N) is 1. The fraction of sp³-hybridized carbons (Fsp3) is 0.143. The minimum atomic E-state index is -0.282. The second-order valence-corrected chi connectivity index (χ2v) is 7.87. The second kappa shape index (κ2) is 9.33. The highest BCUT2D eigenvalue weighted by Crippen LogP contribution is 2.35. The van der Waals surface area contributed by atoms with E-state index in [1.54, 1.807) is 55.6 Å². The van der Waals surface area contributed by atoms with Gasteiger partial charge in [0.15, 0.2) is 0 Å². The number of hydrogen-bond donors (Lipinski definition) is 2. The lowest BCUT2D eigenvalue weighted by molar-refractivity contribution is -0.116. The second-order valence-electron chi connectivity index (χ2n) is 6.63. The predicted octanol–water partition coefficient (Wildman–Crippen LogP) is 4.20. The summed E-state index contributed by atoms with van der Waals surface area (Å²) in [5.74, 6) is 1.29. The van der Waals surface area contributed by atoms with Crippen molar-refractivity contribution in [1.29, 1.82) is 0 Å². The van der Waals surface area contributed by atoms with Crippen molar-refractivity contribution in [2.24, 2.45) is 0 Å². The predicted molar refractivity (Wildman–Crippen MR) is 124 cm³/mol. The zero-order chi connectivity index (χ0) is 22.7. The zero-order valence-corrected chi connectivity index (χ0v) is 18.8. The molecule has 4 aromatic rings. The van der Waals surface area contributed by atoms with E-state index in [1.165, 1.54) is 16.4 Å². The van der Waals surface area contributed by atoms with Gasteiger partial charge in [-0.1, -0.05) is 16.8 Å². The van der Waals surface area contributed by atoms with Crippen molar-refractivity contribution >= 4 is 40.8 Å². The van der Waals surface area contributed by atoms with Gasteiger partial charge >= 0.3 is 0 Å². The molecule has 0 unspecified atom stereocenters. The first-order valence-electron chi connectivity index (χ1n) is 9.42. The Labute approximate surface area is 192 Å². The van der Waals surface area contributed by atoms with Crippen LogP contribution < -0.4 is 15.8 Å². The number of ether oxygens (including phenoxy) is 1. The fourth-order valence-electron chi connectivity index (χ4n) is 2.97. The summed E-state index contributed by atoms with van der Waals surface area (Å²) >= 11 is 7.30. The number of methoxy groups -OCH3 is 1. The number of thioether (sulfide) groups is 1. The molecule has 0 aliphatic carbocycles. The van der Waals surface area contributed by atoms with Gasteiger partial charge in [-0.15, -0.1) is 11.8 Å². The third-order valence-electron chi connectivity index (χ3n) is 4.56. The lowest BCUT2D eigenvalue weighted by atomic mass is 10.2. The molecule has 0 atom stereocenters. The molecule has 0 saturated heterocycles. The Bertz CT molecular complexity index is 1240. The van der Waals surface area contributed by atoms with Crippen LogP contribution in [0.2, 0.25) is 5.02 Å². The van der Waals surface area contributed by atoms with Gasteiger partial charge in [0.25, 0.3) is 5.89 Å². The molecular weight excluding hydrogens is 452 g/mol. The Morgan fingerprint density at radius 2 is 1.94 bits per heavy atom. The third-order valence-corrected chi connectivity index (χ3v) is 5.49. The SMILES string of the molecule is COc1ccc(NC(=O)Cn2nc(SC)c(-c3nc(-c4ccc(Cl)cc4)no3)c2N)cc1. The number of carbonyl (C=O) groups is 1. The van der Waals surface area contributed by atoms with Crippen LogP contribution in [-0.2, 0) is 11.3 Å². The monoisotopic (exact) mass is 470 g/mol. The van der Waals surface area contributed by atoms with E-state index in [4.69, 9.17) is 26.6 Å². The Kier molecular flexibility index (Phi) is 6.33. The summed E-state index contributed by atoms with van der Waals surface area (Å²) in [5, 5.41) is 12.5. The molecule has 9 nitrogen and oxygen atoms in total. The van der Waals surface area contributed by atoms with Gasteiger partial charge in [-0.25, -0.2) is 4.68 Å². The quantitative estimate of drug-likeness (QED) is 0.385. The number of carbonyl (C=O) groups excluding carboxylic acids is 1. The van der Waals surface area contributed by atoms with E-state index in [9.17, 15) is 4.79 Å². The fourth-order valence-corrected chi connectivity index (χ4v) is 3.67. The summed E-state index contributed by atoms with van der Waals surface area (Å²) in [6, 6.07) is 14.1. The van der Waals surface area contributed by atoms with E-state index in [1.807, 2.05) is 6.26 Å². The molecule has 2 aromatic carbocycles. The summed E-state index contributed by atoms with van der Waals surface area (Å²) in [6.45, 7) is -0.0798. The van der Waals surface area contributed by atoms with E-state index >= 15 is 0 Å². The normalized spacial score (nSPS) is 10.8. The number of benzene rings is 2. The highest BCUT2D eigenvalue weighted by molar-refractivity contribution is 7.98. The molecule has 4 rings (SSSR count). The summed E-state index contributed by atoms with van der Waals surface area (Å²) in [4.78, 5) is 17.0.